The monoisotopic (exact) mass is 394 g/mol. The lowest BCUT2D eigenvalue weighted by atomic mass is 10.3. The summed E-state index contributed by atoms with van der Waals surface area (Å²) in [5.41, 5.74) is 0.547. The third-order valence-corrected chi connectivity index (χ3v) is 6.18. The van der Waals surface area contributed by atoms with E-state index in [-0.39, 0.29) is 23.2 Å². The van der Waals surface area contributed by atoms with Crippen molar-refractivity contribution >= 4 is 21.6 Å². The van der Waals surface area contributed by atoms with Crippen molar-refractivity contribution in [2.45, 2.75) is 18.7 Å². The van der Waals surface area contributed by atoms with Gasteiger partial charge >= 0.3 is 0 Å². The van der Waals surface area contributed by atoms with Crippen molar-refractivity contribution in [3.63, 3.8) is 0 Å². The summed E-state index contributed by atoms with van der Waals surface area (Å²) in [5.74, 6) is -0.314. The van der Waals surface area contributed by atoms with Crippen LogP contribution in [0.1, 0.15) is 13.8 Å². The first-order valence-corrected chi connectivity index (χ1v) is 9.98. The molecule has 0 aromatic heterocycles. The van der Waals surface area contributed by atoms with Crippen molar-refractivity contribution in [2.75, 3.05) is 31.6 Å². The van der Waals surface area contributed by atoms with Gasteiger partial charge < -0.3 is 9.64 Å². The molecule has 0 radical (unpaired) electrons. The Labute approximate surface area is 159 Å². The second-order valence-corrected chi connectivity index (χ2v) is 7.72. The number of halogens is 1. The van der Waals surface area contributed by atoms with Gasteiger partial charge in [-0.1, -0.05) is 13.8 Å². The summed E-state index contributed by atoms with van der Waals surface area (Å²) in [6.07, 6.45) is 0. The molecule has 27 heavy (non-hydrogen) atoms. The third kappa shape index (κ3) is 5.05. The van der Waals surface area contributed by atoms with Crippen molar-refractivity contribution < 1.29 is 22.3 Å². The standard InChI is InChI=1S/C19H23FN2O4S/c1-4-22(5-2)27(24,25)18-12-10-17(11-13-18)26-14-19(23)21(3)16-8-6-15(20)7-9-16/h6-13H,4-5,14H2,1-3H3. The Balaban J connectivity index is 2.00. The average molecular weight is 394 g/mol. The average Bonchev–Trinajstić information content (AvgIpc) is 2.67. The molecular weight excluding hydrogens is 371 g/mol. The summed E-state index contributed by atoms with van der Waals surface area (Å²) in [6.45, 7) is 4.11. The summed E-state index contributed by atoms with van der Waals surface area (Å²) >= 11 is 0. The molecule has 0 saturated carbocycles. The van der Waals surface area contributed by atoms with Crippen LogP contribution in [0, 0.1) is 5.82 Å². The minimum Gasteiger partial charge on any atom is -0.484 e. The van der Waals surface area contributed by atoms with E-state index in [1.54, 1.807) is 20.9 Å². The SMILES string of the molecule is CCN(CC)S(=O)(=O)c1ccc(OCC(=O)N(C)c2ccc(F)cc2)cc1. The second-order valence-electron chi connectivity index (χ2n) is 5.78. The lowest BCUT2D eigenvalue weighted by Gasteiger charge is -2.19. The first-order chi connectivity index (χ1) is 12.8. The number of sulfonamides is 1. The van der Waals surface area contributed by atoms with E-state index < -0.39 is 10.0 Å². The summed E-state index contributed by atoms with van der Waals surface area (Å²) < 4.78 is 44.6. The Morgan fingerprint density at radius 1 is 1.00 bits per heavy atom. The maximum absolute atomic E-state index is 13.0. The lowest BCUT2D eigenvalue weighted by molar-refractivity contribution is -0.120. The van der Waals surface area contributed by atoms with Crippen LogP contribution in [0.2, 0.25) is 0 Å². The van der Waals surface area contributed by atoms with Crippen LogP contribution in [0.3, 0.4) is 0 Å². The molecule has 2 aromatic rings. The molecule has 0 saturated heterocycles. The molecule has 0 fully saturated rings. The quantitative estimate of drug-likeness (QED) is 0.691. The molecule has 6 nitrogen and oxygen atoms in total. The Hall–Kier alpha value is -2.45. The van der Waals surface area contributed by atoms with Crippen LogP contribution < -0.4 is 9.64 Å². The van der Waals surface area contributed by atoms with Crippen LogP contribution in [-0.2, 0) is 14.8 Å². The molecule has 146 valence electrons. The zero-order chi connectivity index (χ0) is 20.0. The highest BCUT2D eigenvalue weighted by atomic mass is 32.2. The van der Waals surface area contributed by atoms with E-state index >= 15 is 0 Å². The molecule has 8 heteroatoms. The van der Waals surface area contributed by atoms with Gasteiger partial charge in [-0.3, -0.25) is 4.79 Å². The smallest absolute Gasteiger partial charge is 0.264 e. The number of anilines is 1. The summed E-state index contributed by atoms with van der Waals surface area (Å²) in [5, 5.41) is 0. The first-order valence-electron chi connectivity index (χ1n) is 8.54. The second kappa shape index (κ2) is 8.96. The van der Waals surface area contributed by atoms with Crippen LogP contribution in [0.4, 0.5) is 10.1 Å². The van der Waals surface area contributed by atoms with E-state index in [0.717, 1.165) is 0 Å². The number of rotatable bonds is 8. The van der Waals surface area contributed by atoms with E-state index in [9.17, 15) is 17.6 Å². The zero-order valence-corrected chi connectivity index (χ0v) is 16.4. The molecule has 0 aliphatic rings. The van der Waals surface area contributed by atoms with Gasteiger partial charge in [0.2, 0.25) is 10.0 Å². The Morgan fingerprint density at radius 3 is 2.07 bits per heavy atom. The normalized spacial score (nSPS) is 11.4. The van der Waals surface area contributed by atoms with Crippen molar-refractivity contribution in [3.05, 3.63) is 54.3 Å². The minimum atomic E-state index is -3.53. The molecule has 0 heterocycles. The maximum Gasteiger partial charge on any atom is 0.264 e. The van der Waals surface area contributed by atoms with Crippen LogP contribution in [0.15, 0.2) is 53.4 Å². The van der Waals surface area contributed by atoms with Crippen LogP contribution in [0.25, 0.3) is 0 Å². The number of carbonyl (C=O) groups is 1. The van der Waals surface area contributed by atoms with E-state index in [0.29, 0.717) is 24.5 Å². The molecule has 2 aromatic carbocycles. The maximum atomic E-state index is 13.0. The van der Waals surface area contributed by atoms with Gasteiger partial charge in [-0.05, 0) is 48.5 Å². The molecule has 0 aliphatic heterocycles. The van der Waals surface area contributed by atoms with Crippen LogP contribution in [0.5, 0.6) is 5.75 Å². The van der Waals surface area contributed by atoms with Gasteiger partial charge in [0, 0.05) is 25.8 Å². The number of carbonyl (C=O) groups excluding carboxylic acids is 1. The van der Waals surface area contributed by atoms with Gasteiger partial charge in [-0.2, -0.15) is 4.31 Å². The number of amides is 1. The topological polar surface area (TPSA) is 66.9 Å². The van der Waals surface area contributed by atoms with E-state index in [4.69, 9.17) is 4.74 Å². The Kier molecular flexibility index (Phi) is 6.92. The number of nitrogens with zero attached hydrogens (tertiary/aromatic N) is 2. The fraction of sp³-hybridized carbons (Fsp3) is 0.316. The minimum absolute atomic E-state index is 0.174. The number of hydrogen-bond donors (Lipinski definition) is 0. The molecule has 0 aliphatic carbocycles. The van der Waals surface area contributed by atoms with Crippen LogP contribution >= 0.6 is 0 Å². The largest absolute Gasteiger partial charge is 0.484 e. The Bertz CT molecular complexity index is 864. The highest BCUT2D eigenvalue weighted by Crippen LogP contribution is 2.20. The predicted octanol–water partition coefficient (Wildman–Crippen LogP) is 2.90. The highest BCUT2D eigenvalue weighted by Gasteiger charge is 2.21. The molecule has 2 rings (SSSR count). The fourth-order valence-corrected chi connectivity index (χ4v) is 3.93. The zero-order valence-electron chi connectivity index (χ0n) is 15.6. The number of likely N-dealkylation sites (N-methyl/N-ethyl adjacent to an activating group) is 1. The molecule has 0 bridgehead atoms. The predicted molar refractivity (Wildman–Crippen MR) is 102 cm³/mol. The van der Waals surface area contributed by atoms with Crippen molar-refractivity contribution in [1.82, 2.24) is 4.31 Å². The lowest BCUT2D eigenvalue weighted by Crippen LogP contribution is -2.31. The van der Waals surface area contributed by atoms with Crippen molar-refractivity contribution in [2.24, 2.45) is 0 Å². The molecule has 0 atom stereocenters. The van der Waals surface area contributed by atoms with Crippen molar-refractivity contribution in [3.8, 4) is 5.75 Å². The molecular formula is C19H23FN2O4S. The van der Waals surface area contributed by atoms with Gasteiger partial charge in [-0.15, -0.1) is 0 Å². The van der Waals surface area contributed by atoms with Gasteiger partial charge in [0.1, 0.15) is 11.6 Å². The third-order valence-electron chi connectivity index (χ3n) is 4.12. The molecule has 0 unspecified atom stereocenters. The summed E-state index contributed by atoms with van der Waals surface area (Å²) in [7, 11) is -1.96. The van der Waals surface area contributed by atoms with Gasteiger partial charge in [-0.25, -0.2) is 12.8 Å². The van der Waals surface area contributed by atoms with Gasteiger partial charge in [0.25, 0.3) is 5.91 Å². The van der Waals surface area contributed by atoms with E-state index in [2.05, 4.69) is 0 Å². The summed E-state index contributed by atoms with van der Waals surface area (Å²) in [6, 6.07) is 11.5. The first kappa shape index (κ1) is 20.9. The molecule has 0 spiro atoms. The number of benzene rings is 2. The summed E-state index contributed by atoms with van der Waals surface area (Å²) in [4.78, 5) is 13.7. The van der Waals surface area contributed by atoms with Gasteiger partial charge in [0.15, 0.2) is 6.61 Å². The Morgan fingerprint density at radius 2 is 1.56 bits per heavy atom. The van der Waals surface area contributed by atoms with Crippen LogP contribution in [-0.4, -0.2) is 45.4 Å². The highest BCUT2D eigenvalue weighted by molar-refractivity contribution is 7.89. The number of hydrogen-bond acceptors (Lipinski definition) is 4. The number of ether oxygens (including phenoxy) is 1. The molecule has 0 N–H and O–H groups in total. The van der Waals surface area contributed by atoms with Gasteiger partial charge in [0.05, 0.1) is 4.90 Å². The van der Waals surface area contributed by atoms with Crippen molar-refractivity contribution in [1.29, 1.82) is 0 Å². The van der Waals surface area contributed by atoms with E-state index in [1.807, 2.05) is 0 Å². The van der Waals surface area contributed by atoms with E-state index in [1.165, 1.54) is 57.7 Å². The molecule has 1 amide bonds. The fourth-order valence-electron chi connectivity index (χ4n) is 2.47.